The third-order valence-corrected chi connectivity index (χ3v) is 10.4. The van der Waals surface area contributed by atoms with Crippen molar-refractivity contribution in [1.82, 2.24) is 10.2 Å². The van der Waals surface area contributed by atoms with Crippen LogP contribution in [-0.2, 0) is 23.8 Å². The van der Waals surface area contributed by atoms with Crippen molar-refractivity contribution in [2.45, 2.75) is 238 Å². The highest BCUT2D eigenvalue weighted by Crippen LogP contribution is 2.15. The highest BCUT2D eigenvalue weighted by molar-refractivity contribution is 5.86. The van der Waals surface area contributed by atoms with Crippen LogP contribution in [0.4, 0.5) is 4.79 Å². The molecule has 1 amide bonds. The Morgan fingerprint density at radius 3 is 1.09 bits per heavy atom. The molecule has 0 heterocycles. The van der Waals surface area contributed by atoms with Crippen LogP contribution in [0.1, 0.15) is 232 Å². The van der Waals surface area contributed by atoms with E-state index in [1.165, 1.54) is 167 Å². The maximum absolute atomic E-state index is 12.9. The number of nitrogens with zero attached hydrogens (tertiary/aromatic N) is 1. The molecule has 0 aliphatic rings. The molecule has 0 fully saturated rings. The van der Waals surface area contributed by atoms with Crippen molar-refractivity contribution < 1.29 is 28.6 Å². The molecule has 1 atom stereocenters. The van der Waals surface area contributed by atoms with Crippen LogP contribution in [0.5, 0.6) is 0 Å². The lowest BCUT2D eigenvalue weighted by molar-refractivity contribution is -0.152. The zero-order chi connectivity index (χ0) is 39.6. The fraction of sp³-hybridized carbons (Fsp3) is 0.935. The molecule has 0 saturated carbocycles. The van der Waals surface area contributed by atoms with Gasteiger partial charge in [-0.2, -0.15) is 0 Å². The first-order valence-corrected chi connectivity index (χ1v) is 23.3. The molecule has 0 aliphatic carbocycles. The third-order valence-electron chi connectivity index (χ3n) is 10.4. The van der Waals surface area contributed by atoms with Crippen LogP contribution in [0, 0.1) is 0 Å². The summed E-state index contributed by atoms with van der Waals surface area (Å²) in [5.74, 6) is -1.12. The molecule has 0 spiro atoms. The summed E-state index contributed by atoms with van der Waals surface area (Å²) in [5, 5.41) is 2.55. The van der Waals surface area contributed by atoms with Crippen molar-refractivity contribution >= 4 is 18.0 Å². The Kier molecular flexibility index (Phi) is 40.9. The minimum absolute atomic E-state index is 0.231. The van der Waals surface area contributed by atoms with E-state index in [2.05, 4.69) is 19.2 Å². The molecule has 0 saturated heterocycles. The highest BCUT2D eigenvalue weighted by Gasteiger charge is 2.27. The minimum Gasteiger partial charge on any atom is -0.466 e. The second-order valence-corrected chi connectivity index (χ2v) is 16.2. The monoisotopic (exact) mass is 767 g/mol. The fourth-order valence-corrected chi connectivity index (χ4v) is 6.91. The van der Waals surface area contributed by atoms with Crippen molar-refractivity contribution in [3.05, 3.63) is 0 Å². The maximum atomic E-state index is 12.9. The Labute approximate surface area is 334 Å². The molecule has 0 rings (SSSR count). The molecular formula is C46H90N2O6. The predicted molar refractivity (Wildman–Crippen MR) is 227 cm³/mol. The molecule has 54 heavy (non-hydrogen) atoms. The number of nitrogens with one attached hydrogen (secondary N) is 1. The molecular weight excluding hydrogens is 677 g/mol. The summed E-state index contributed by atoms with van der Waals surface area (Å²) in [5.41, 5.74) is 0. The second kappa shape index (κ2) is 42.3. The Balaban J connectivity index is 4.12. The number of unbranched alkanes of at least 4 members (excludes halogenated alkanes) is 30. The number of rotatable bonds is 42. The van der Waals surface area contributed by atoms with Crippen molar-refractivity contribution in [1.29, 1.82) is 0 Å². The van der Waals surface area contributed by atoms with Crippen LogP contribution in [0.2, 0.25) is 0 Å². The lowest BCUT2D eigenvalue weighted by Gasteiger charge is -2.17. The molecule has 8 nitrogen and oxygen atoms in total. The summed E-state index contributed by atoms with van der Waals surface area (Å²) >= 11 is 0. The first-order chi connectivity index (χ1) is 26.4. The third kappa shape index (κ3) is 39.9. The smallest absolute Gasteiger partial charge is 0.407 e. The first-order valence-electron chi connectivity index (χ1n) is 23.3. The van der Waals surface area contributed by atoms with Crippen LogP contribution < -0.4 is 5.32 Å². The van der Waals surface area contributed by atoms with Gasteiger partial charge in [0.15, 0.2) is 0 Å². The molecule has 320 valence electrons. The van der Waals surface area contributed by atoms with Crippen LogP contribution in [0.15, 0.2) is 0 Å². The quantitative estimate of drug-likeness (QED) is 0.0375. The number of hydrogen-bond acceptors (Lipinski definition) is 7. The van der Waals surface area contributed by atoms with E-state index in [0.717, 1.165) is 45.1 Å². The molecule has 0 aliphatic heterocycles. The van der Waals surface area contributed by atoms with Crippen LogP contribution in [0.25, 0.3) is 0 Å². The first kappa shape index (κ1) is 52.2. The van der Waals surface area contributed by atoms with Crippen molar-refractivity contribution in [3.63, 3.8) is 0 Å². The van der Waals surface area contributed by atoms with Gasteiger partial charge < -0.3 is 24.4 Å². The van der Waals surface area contributed by atoms with Crippen molar-refractivity contribution in [2.75, 3.05) is 40.5 Å². The maximum Gasteiger partial charge on any atom is 0.407 e. The van der Waals surface area contributed by atoms with Crippen molar-refractivity contribution in [2.24, 2.45) is 0 Å². The van der Waals surface area contributed by atoms with E-state index in [1.807, 2.05) is 19.0 Å². The molecule has 0 aromatic rings. The van der Waals surface area contributed by atoms with Gasteiger partial charge in [-0.1, -0.05) is 206 Å². The lowest BCUT2D eigenvalue weighted by atomic mass is 10.0. The lowest BCUT2D eigenvalue weighted by Crippen LogP contribution is -2.44. The van der Waals surface area contributed by atoms with E-state index in [9.17, 15) is 14.4 Å². The molecule has 0 radical (unpaired) electrons. The summed E-state index contributed by atoms with van der Waals surface area (Å²) in [6, 6.07) is -1.12. The van der Waals surface area contributed by atoms with Gasteiger partial charge in [-0.15, -0.1) is 0 Å². The minimum atomic E-state index is -1.12. The van der Waals surface area contributed by atoms with Gasteiger partial charge in [0.25, 0.3) is 0 Å². The molecule has 0 aromatic heterocycles. The SMILES string of the molecule is CCCCCCCCCCCCCCCCCCOC(=O)C[C@H](NC(=O)OCCCN(C)C)C(=O)OCCCCCCCCCCCCCCCCCC. The van der Waals surface area contributed by atoms with Gasteiger partial charge in [0, 0.05) is 6.54 Å². The number of carbonyl (C=O) groups excluding carboxylic acids is 3. The van der Waals surface area contributed by atoms with Gasteiger partial charge in [0.1, 0.15) is 6.04 Å². The number of carbonyl (C=O) groups is 3. The largest absolute Gasteiger partial charge is 0.466 e. The van der Waals surface area contributed by atoms with Gasteiger partial charge >= 0.3 is 18.0 Å². The Morgan fingerprint density at radius 2 is 0.741 bits per heavy atom. The van der Waals surface area contributed by atoms with Gasteiger partial charge in [-0.25, -0.2) is 9.59 Å². The molecule has 0 bridgehead atoms. The topological polar surface area (TPSA) is 94.2 Å². The standard InChI is InChI=1S/C46H90N2O6/c1-5-7-9-11-13-15-17-19-21-23-25-27-29-31-33-35-39-52-44(49)42-43(47-46(51)54-41-37-38-48(3)4)45(50)53-40-36-34-32-30-28-26-24-22-20-18-16-14-12-10-8-6-2/h43H,5-42H2,1-4H3,(H,47,51)/t43-/m0/s1. The fourth-order valence-electron chi connectivity index (χ4n) is 6.91. The number of ether oxygens (including phenoxy) is 3. The Morgan fingerprint density at radius 1 is 0.426 bits per heavy atom. The molecule has 8 heteroatoms. The molecule has 1 N–H and O–H groups in total. The van der Waals surface area contributed by atoms with Gasteiger partial charge in [0.05, 0.1) is 26.2 Å². The molecule has 0 aromatic carbocycles. The van der Waals surface area contributed by atoms with Gasteiger partial charge in [-0.05, 0) is 33.4 Å². The summed E-state index contributed by atoms with van der Waals surface area (Å²) in [6.07, 6.45) is 40.7. The number of alkyl carbamates (subject to hydrolysis) is 1. The van der Waals surface area contributed by atoms with Crippen LogP contribution >= 0.6 is 0 Å². The van der Waals surface area contributed by atoms with Crippen LogP contribution in [0.3, 0.4) is 0 Å². The molecule has 0 unspecified atom stereocenters. The normalized spacial score (nSPS) is 11.9. The van der Waals surface area contributed by atoms with E-state index in [4.69, 9.17) is 14.2 Å². The highest BCUT2D eigenvalue weighted by atomic mass is 16.6. The number of amides is 1. The Bertz CT molecular complexity index is 823. The number of hydrogen-bond donors (Lipinski definition) is 1. The summed E-state index contributed by atoms with van der Waals surface area (Å²) in [7, 11) is 3.91. The average Bonchev–Trinajstić information content (AvgIpc) is 3.15. The van der Waals surface area contributed by atoms with E-state index in [0.29, 0.717) is 13.0 Å². The zero-order valence-electron chi connectivity index (χ0n) is 36.3. The van der Waals surface area contributed by atoms with E-state index in [1.54, 1.807) is 0 Å². The van der Waals surface area contributed by atoms with E-state index < -0.39 is 24.1 Å². The number of esters is 2. The summed E-state index contributed by atoms with van der Waals surface area (Å²) in [4.78, 5) is 40.0. The zero-order valence-corrected chi connectivity index (χ0v) is 36.3. The van der Waals surface area contributed by atoms with Gasteiger partial charge in [-0.3, -0.25) is 4.79 Å². The summed E-state index contributed by atoms with van der Waals surface area (Å²) < 4.78 is 16.2. The van der Waals surface area contributed by atoms with Crippen LogP contribution in [-0.4, -0.2) is 69.4 Å². The summed E-state index contributed by atoms with van der Waals surface area (Å²) in [6.45, 7) is 6.16. The average molecular weight is 767 g/mol. The van der Waals surface area contributed by atoms with E-state index in [-0.39, 0.29) is 19.6 Å². The Hall–Kier alpha value is -1.83. The van der Waals surface area contributed by atoms with Crippen molar-refractivity contribution in [3.8, 4) is 0 Å². The second-order valence-electron chi connectivity index (χ2n) is 16.2. The van der Waals surface area contributed by atoms with E-state index >= 15 is 0 Å². The predicted octanol–water partition coefficient (Wildman–Crippen LogP) is 13.0. The van der Waals surface area contributed by atoms with Gasteiger partial charge in [0.2, 0.25) is 0 Å².